The van der Waals surface area contributed by atoms with Crippen LogP contribution in [0, 0.1) is 5.82 Å². The molecule has 4 aromatic rings. The molecule has 2 aliphatic heterocycles. The standard InChI is InChI=1S/C23H18F3N5O4S/c24-17-13-27-9-5-16(17)22-29-21-18(2-1-8-28-21)31(22)14-6-10-30(11-7-14)36(32,33)15-3-4-19-20(12-15)35-23(25,26)34-19/h1-5,8-9,12-14H,6-7,10-11H2. The van der Waals surface area contributed by atoms with Gasteiger partial charge in [-0.2, -0.15) is 4.31 Å². The van der Waals surface area contributed by atoms with Crippen LogP contribution in [0.5, 0.6) is 11.5 Å². The van der Waals surface area contributed by atoms with E-state index >= 15 is 0 Å². The molecule has 36 heavy (non-hydrogen) atoms. The Bertz CT molecular complexity index is 1590. The molecule has 0 saturated carbocycles. The highest BCUT2D eigenvalue weighted by atomic mass is 32.2. The number of fused-ring (bicyclic) bond motifs is 2. The maximum atomic E-state index is 14.6. The van der Waals surface area contributed by atoms with E-state index < -0.39 is 22.1 Å². The van der Waals surface area contributed by atoms with Crippen LogP contribution in [-0.2, 0) is 10.0 Å². The number of pyridine rings is 2. The molecule has 0 unspecified atom stereocenters. The first-order valence-corrected chi connectivity index (χ1v) is 12.5. The van der Waals surface area contributed by atoms with Gasteiger partial charge in [-0.15, -0.1) is 8.78 Å². The molecule has 13 heteroatoms. The lowest BCUT2D eigenvalue weighted by atomic mass is 10.1. The summed E-state index contributed by atoms with van der Waals surface area (Å²) in [5, 5.41) is 0. The average Bonchev–Trinajstić information content (AvgIpc) is 3.39. The van der Waals surface area contributed by atoms with Crippen LogP contribution in [0.25, 0.3) is 22.6 Å². The highest BCUT2D eigenvalue weighted by molar-refractivity contribution is 7.89. The number of alkyl halides is 2. The monoisotopic (exact) mass is 517 g/mol. The predicted molar refractivity (Wildman–Crippen MR) is 120 cm³/mol. The summed E-state index contributed by atoms with van der Waals surface area (Å²) in [6, 6.07) is 8.36. The summed E-state index contributed by atoms with van der Waals surface area (Å²) in [6.07, 6.45) is 1.19. The van der Waals surface area contributed by atoms with E-state index in [0.717, 1.165) is 18.3 Å². The Morgan fingerprint density at radius 2 is 1.81 bits per heavy atom. The van der Waals surface area contributed by atoms with Crippen LogP contribution in [0.3, 0.4) is 0 Å². The van der Waals surface area contributed by atoms with E-state index in [-0.39, 0.29) is 41.1 Å². The van der Waals surface area contributed by atoms with E-state index in [0.29, 0.717) is 29.8 Å². The molecule has 1 saturated heterocycles. The van der Waals surface area contributed by atoms with Gasteiger partial charge in [0.25, 0.3) is 0 Å². The lowest BCUT2D eigenvalue weighted by Gasteiger charge is -2.33. The zero-order valence-electron chi connectivity index (χ0n) is 18.5. The van der Waals surface area contributed by atoms with Gasteiger partial charge in [0.05, 0.1) is 22.2 Å². The average molecular weight is 517 g/mol. The van der Waals surface area contributed by atoms with E-state index in [1.165, 1.54) is 22.6 Å². The van der Waals surface area contributed by atoms with Crippen LogP contribution in [0.15, 0.2) is 59.9 Å². The Morgan fingerprint density at radius 3 is 2.58 bits per heavy atom. The SMILES string of the molecule is O=S(=O)(c1ccc2c(c1)OC(F)(F)O2)N1CCC(n2c(-c3ccncc3F)nc3ncccc32)CC1. The van der Waals surface area contributed by atoms with Crippen molar-refractivity contribution in [1.82, 2.24) is 23.8 Å². The third kappa shape index (κ3) is 3.75. The molecule has 0 bridgehead atoms. The van der Waals surface area contributed by atoms with Crippen molar-refractivity contribution in [2.24, 2.45) is 0 Å². The summed E-state index contributed by atoms with van der Waals surface area (Å²) >= 11 is 0. The molecule has 0 radical (unpaired) electrons. The largest absolute Gasteiger partial charge is 0.586 e. The highest BCUT2D eigenvalue weighted by Crippen LogP contribution is 2.42. The van der Waals surface area contributed by atoms with Crippen molar-refractivity contribution in [3.8, 4) is 22.9 Å². The number of ether oxygens (including phenoxy) is 2. The minimum atomic E-state index is -3.98. The molecule has 186 valence electrons. The third-order valence-electron chi connectivity index (χ3n) is 6.28. The van der Waals surface area contributed by atoms with E-state index in [1.807, 2.05) is 10.6 Å². The lowest BCUT2D eigenvalue weighted by Crippen LogP contribution is -2.39. The third-order valence-corrected chi connectivity index (χ3v) is 8.17. The Hall–Kier alpha value is -3.71. The van der Waals surface area contributed by atoms with Crippen LogP contribution < -0.4 is 9.47 Å². The van der Waals surface area contributed by atoms with Crippen LogP contribution in [0.2, 0.25) is 0 Å². The summed E-state index contributed by atoms with van der Waals surface area (Å²) in [5.41, 5.74) is 1.44. The number of nitrogens with zero attached hydrogens (tertiary/aromatic N) is 5. The van der Waals surface area contributed by atoms with Gasteiger partial charge in [-0.25, -0.2) is 22.8 Å². The van der Waals surface area contributed by atoms with Crippen molar-refractivity contribution < 1.29 is 31.1 Å². The summed E-state index contributed by atoms with van der Waals surface area (Å²) in [7, 11) is -3.98. The van der Waals surface area contributed by atoms with Gasteiger partial charge in [-0.1, -0.05) is 0 Å². The summed E-state index contributed by atoms with van der Waals surface area (Å²) in [6.45, 7) is 0.325. The van der Waals surface area contributed by atoms with E-state index in [1.54, 1.807) is 12.3 Å². The van der Waals surface area contributed by atoms with Crippen molar-refractivity contribution in [3.63, 3.8) is 0 Å². The Morgan fingerprint density at radius 1 is 1.03 bits per heavy atom. The van der Waals surface area contributed by atoms with E-state index in [9.17, 15) is 21.6 Å². The molecule has 1 aromatic carbocycles. The minimum Gasteiger partial charge on any atom is -0.395 e. The normalized spacial score (nSPS) is 18.1. The van der Waals surface area contributed by atoms with Gasteiger partial charge in [0.15, 0.2) is 23.0 Å². The number of aromatic nitrogens is 4. The molecule has 0 spiro atoms. The van der Waals surface area contributed by atoms with Crippen molar-refractivity contribution in [2.45, 2.75) is 30.1 Å². The second-order valence-electron chi connectivity index (χ2n) is 8.42. The number of imidazole rings is 1. The molecular weight excluding hydrogens is 499 g/mol. The number of rotatable bonds is 4. The lowest BCUT2D eigenvalue weighted by molar-refractivity contribution is -0.286. The number of sulfonamides is 1. The number of hydrogen-bond donors (Lipinski definition) is 0. The highest BCUT2D eigenvalue weighted by Gasteiger charge is 2.44. The van der Waals surface area contributed by atoms with Crippen molar-refractivity contribution >= 4 is 21.2 Å². The molecule has 1 fully saturated rings. The van der Waals surface area contributed by atoms with Crippen LogP contribution in [-0.4, -0.2) is 51.6 Å². The van der Waals surface area contributed by atoms with E-state index in [2.05, 4.69) is 24.4 Å². The summed E-state index contributed by atoms with van der Waals surface area (Å²) < 4.78 is 79.7. The number of piperidine rings is 1. The van der Waals surface area contributed by atoms with Crippen molar-refractivity contribution in [3.05, 3.63) is 60.8 Å². The summed E-state index contributed by atoms with van der Waals surface area (Å²) in [4.78, 5) is 12.5. The predicted octanol–water partition coefficient (Wildman–Crippen LogP) is 3.98. The molecule has 9 nitrogen and oxygen atoms in total. The Balaban J connectivity index is 1.29. The second kappa shape index (κ2) is 8.17. The Labute approximate surface area is 203 Å². The smallest absolute Gasteiger partial charge is 0.395 e. The molecule has 0 aliphatic carbocycles. The molecule has 5 heterocycles. The van der Waals surface area contributed by atoms with Crippen LogP contribution in [0.1, 0.15) is 18.9 Å². The Kier molecular flexibility index (Phi) is 5.16. The fourth-order valence-electron chi connectivity index (χ4n) is 4.63. The minimum absolute atomic E-state index is 0.163. The van der Waals surface area contributed by atoms with Crippen molar-refractivity contribution in [2.75, 3.05) is 13.1 Å². The van der Waals surface area contributed by atoms with Crippen molar-refractivity contribution in [1.29, 1.82) is 0 Å². The maximum Gasteiger partial charge on any atom is 0.586 e. The van der Waals surface area contributed by atoms with Gasteiger partial charge >= 0.3 is 6.29 Å². The first kappa shape index (κ1) is 22.7. The molecule has 0 N–H and O–H groups in total. The van der Waals surface area contributed by atoms with Gasteiger partial charge in [0.2, 0.25) is 10.0 Å². The first-order valence-electron chi connectivity index (χ1n) is 11.1. The van der Waals surface area contributed by atoms with E-state index in [4.69, 9.17) is 0 Å². The fraction of sp³-hybridized carbons (Fsp3) is 0.261. The van der Waals surface area contributed by atoms with Crippen LogP contribution in [0.4, 0.5) is 13.2 Å². The fourth-order valence-corrected chi connectivity index (χ4v) is 6.11. The van der Waals surface area contributed by atoms with Gasteiger partial charge in [-0.05, 0) is 43.2 Å². The molecule has 0 amide bonds. The quantitative estimate of drug-likeness (QED) is 0.404. The van der Waals surface area contributed by atoms with Gasteiger partial charge in [0, 0.05) is 37.6 Å². The first-order chi connectivity index (χ1) is 17.2. The zero-order chi connectivity index (χ0) is 25.1. The molecule has 3 aromatic heterocycles. The van der Waals surface area contributed by atoms with Gasteiger partial charge in [0.1, 0.15) is 5.82 Å². The number of benzene rings is 1. The van der Waals surface area contributed by atoms with Crippen LogP contribution >= 0.6 is 0 Å². The molecule has 0 atom stereocenters. The summed E-state index contributed by atoms with van der Waals surface area (Å²) in [5.74, 6) is -0.699. The number of hydrogen-bond acceptors (Lipinski definition) is 7. The van der Waals surface area contributed by atoms with Gasteiger partial charge in [-0.3, -0.25) is 4.98 Å². The maximum absolute atomic E-state index is 14.6. The molecular formula is C23H18F3N5O4S. The molecule has 2 aliphatic rings. The second-order valence-corrected chi connectivity index (χ2v) is 10.4. The topological polar surface area (TPSA) is 99.4 Å². The zero-order valence-corrected chi connectivity index (χ0v) is 19.3. The number of halogens is 3. The van der Waals surface area contributed by atoms with Gasteiger partial charge < -0.3 is 14.0 Å². The molecule has 6 rings (SSSR count).